The number of rotatable bonds is 4. The van der Waals surface area contributed by atoms with Gasteiger partial charge in [-0.3, -0.25) is 4.79 Å². The van der Waals surface area contributed by atoms with Gasteiger partial charge in [-0.15, -0.1) is 0 Å². The maximum Gasteiger partial charge on any atom is 0.249 e. The second-order valence-electron chi connectivity index (χ2n) is 7.86. The molecule has 5 rings (SSSR count). The third-order valence-electron chi connectivity index (χ3n) is 6.09. The Morgan fingerprint density at radius 2 is 1.80 bits per heavy atom. The molecule has 3 nitrogen and oxygen atoms in total. The van der Waals surface area contributed by atoms with Gasteiger partial charge < -0.3 is 10.3 Å². The number of carbonyl (C=O) groups excluding carboxylic acids is 1. The monoisotopic (exact) mass is 391 g/mol. The average molecular weight is 391 g/mol. The fraction of sp³-hybridized carbons (Fsp3) is 0.148. The Labute approximate surface area is 175 Å². The predicted molar refractivity (Wildman–Crippen MR) is 124 cm³/mol. The molecule has 0 atom stereocenters. The van der Waals surface area contributed by atoms with Gasteiger partial charge >= 0.3 is 0 Å². The van der Waals surface area contributed by atoms with Gasteiger partial charge in [-0.2, -0.15) is 0 Å². The van der Waals surface area contributed by atoms with E-state index in [9.17, 15) is 4.79 Å². The molecule has 0 spiro atoms. The first kappa shape index (κ1) is 18.4. The van der Waals surface area contributed by atoms with Crippen LogP contribution in [0, 0.1) is 13.0 Å². The summed E-state index contributed by atoms with van der Waals surface area (Å²) in [6.45, 7) is 5.00. The van der Waals surface area contributed by atoms with Gasteiger partial charge in [0.15, 0.2) is 0 Å². The highest BCUT2D eigenvalue weighted by Gasteiger charge is 2.17. The second kappa shape index (κ2) is 7.03. The smallest absolute Gasteiger partial charge is 0.249 e. The molecule has 0 bridgehead atoms. The number of nitrogens with zero attached hydrogens (tertiary/aromatic N) is 1. The number of benzene rings is 4. The third-order valence-corrected chi connectivity index (χ3v) is 6.09. The molecular formula is C27H23N2O. The van der Waals surface area contributed by atoms with Crippen molar-refractivity contribution in [2.75, 3.05) is 0 Å². The fourth-order valence-corrected chi connectivity index (χ4v) is 4.50. The highest BCUT2D eigenvalue weighted by molar-refractivity contribution is 6.17. The second-order valence-corrected chi connectivity index (χ2v) is 7.86. The molecule has 1 radical (unpaired) electrons. The summed E-state index contributed by atoms with van der Waals surface area (Å²) < 4.78 is 2.30. The molecule has 5 aromatic rings. The number of carbonyl (C=O) groups is 1. The van der Waals surface area contributed by atoms with Crippen LogP contribution in [-0.2, 0) is 13.0 Å². The molecule has 1 aromatic heterocycles. The minimum atomic E-state index is -0.409. The SMILES string of the molecule is CCc1c[c]c2c3c(C(N)=O)cccc3n(Cc3ccc(C)c4ccccc34)c2c1. The predicted octanol–water partition coefficient (Wildman–Crippen LogP) is 5.77. The zero-order chi connectivity index (χ0) is 20.8. The van der Waals surface area contributed by atoms with Crippen LogP contribution in [0.5, 0.6) is 0 Å². The first-order valence-electron chi connectivity index (χ1n) is 10.3. The minimum absolute atomic E-state index is 0.409. The van der Waals surface area contributed by atoms with Gasteiger partial charge in [0.2, 0.25) is 5.91 Å². The van der Waals surface area contributed by atoms with Gasteiger partial charge in [-0.1, -0.05) is 55.5 Å². The van der Waals surface area contributed by atoms with E-state index >= 15 is 0 Å². The topological polar surface area (TPSA) is 48.0 Å². The van der Waals surface area contributed by atoms with Crippen molar-refractivity contribution in [3.63, 3.8) is 0 Å². The molecule has 0 saturated heterocycles. The number of hydrogen-bond donors (Lipinski definition) is 1. The van der Waals surface area contributed by atoms with E-state index in [0.29, 0.717) is 12.1 Å². The molecule has 1 amide bonds. The van der Waals surface area contributed by atoms with Crippen molar-refractivity contribution < 1.29 is 4.79 Å². The lowest BCUT2D eigenvalue weighted by atomic mass is 10.0. The first-order valence-corrected chi connectivity index (χ1v) is 10.3. The molecule has 2 N–H and O–H groups in total. The van der Waals surface area contributed by atoms with Crippen molar-refractivity contribution >= 4 is 38.5 Å². The largest absolute Gasteiger partial charge is 0.366 e. The Balaban J connectivity index is 1.83. The summed E-state index contributed by atoms with van der Waals surface area (Å²) in [7, 11) is 0. The summed E-state index contributed by atoms with van der Waals surface area (Å²) in [5.74, 6) is -0.409. The third kappa shape index (κ3) is 2.78. The summed E-state index contributed by atoms with van der Waals surface area (Å²) in [5.41, 5.74) is 12.1. The van der Waals surface area contributed by atoms with Gasteiger partial charge in [0, 0.05) is 22.9 Å². The summed E-state index contributed by atoms with van der Waals surface area (Å²) in [6, 6.07) is 26.4. The van der Waals surface area contributed by atoms with Crippen LogP contribution in [-0.4, -0.2) is 10.5 Å². The van der Waals surface area contributed by atoms with E-state index in [0.717, 1.165) is 28.2 Å². The van der Waals surface area contributed by atoms with E-state index in [1.165, 1.54) is 27.5 Å². The standard InChI is InChI=1S/C27H23N2O/c1-3-18-12-14-22-25(15-18)29(24-10-6-9-23(26(22)24)27(28)30)16-19-13-11-17(2)20-7-4-5-8-21(19)20/h4-13,15H,3,16H2,1-2H3,(H2,28,30). The van der Waals surface area contributed by atoms with Crippen LogP contribution in [0.4, 0.5) is 0 Å². The van der Waals surface area contributed by atoms with Crippen LogP contribution in [0.15, 0.2) is 66.7 Å². The number of aryl methyl sites for hydroxylation is 2. The quantitative estimate of drug-likeness (QED) is 0.416. The molecule has 1 heterocycles. The number of aromatic nitrogens is 1. The van der Waals surface area contributed by atoms with Gasteiger partial charge in [-0.25, -0.2) is 0 Å². The average Bonchev–Trinajstić information content (AvgIpc) is 3.08. The Hall–Kier alpha value is -3.59. The zero-order valence-corrected chi connectivity index (χ0v) is 17.2. The van der Waals surface area contributed by atoms with Crippen LogP contribution in [0.2, 0.25) is 0 Å². The Morgan fingerprint density at radius 3 is 2.57 bits per heavy atom. The number of fused-ring (bicyclic) bond motifs is 4. The maximum atomic E-state index is 12.2. The van der Waals surface area contributed by atoms with E-state index in [-0.39, 0.29) is 0 Å². The molecule has 0 unspecified atom stereocenters. The summed E-state index contributed by atoms with van der Waals surface area (Å²) >= 11 is 0. The lowest BCUT2D eigenvalue weighted by molar-refractivity contribution is 0.100. The maximum absolute atomic E-state index is 12.2. The first-order chi connectivity index (χ1) is 14.6. The lowest BCUT2D eigenvalue weighted by Gasteiger charge is -2.13. The molecular weight excluding hydrogens is 368 g/mol. The molecule has 0 saturated carbocycles. The lowest BCUT2D eigenvalue weighted by Crippen LogP contribution is -2.11. The summed E-state index contributed by atoms with van der Waals surface area (Å²) in [5, 5.41) is 4.37. The van der Waals surface area contributed by atoms with Crippen molar-refractivity contribution in [2.24, 2.45) is 5.73 Å². The van der Waals surface area contributed by atoms with Gasteiger partial charge in [0.05, 0.1) is 11.0 Å². The molecule has 30 heavy (non-hydrogen) atoms. The number of primary amides is 1. The summed E-state index contributed by atoms with van der Waals surface area (Å²) in [4.78, 5) is 12.2. The highest BCUT2D eigenvalue weighted by atomic mass is 16.1. The van der Waals surface area contributed by atoms with Gasteiger partial charge in [0.1, 0.15) is 0 Å². The van der Waals surface area contributed by atoms with Crippen LogP contribution in [0.1, 0.15) is 34.0 Å². The van der Waals surface area contributed by atoms with Gasteiger partial charge in [-0.05, 0) is 65.1 Å². The van der Waals surface area contributed by atoms with Crippen LogP contribution in [0.3, 0.4) is 0 Å². The van der Waals surface area contributed by atoms with Gasteiger partial charge in [0.25, 0.3) is 0 Å². The Bertz CT molecular complexity index is 1440. The molecule has 147 valence electrons. The summed E-state index contributed by atoms with van der Waals surface area (Å²) in [6.07, 6.45) is 0.935. The van der Waals surface area contributed by atoms with Crippen LogP contribution in [0.25, 0.3) is 32.6 Å². The molecule has 0 fully saturated rings. The molecule has 0 aliphatic carbocycles. The minimum Gasteiger partial charge on any atom is -0.366 e. The fourth-order valence-electron chi connectivity index (χ4n) is 4.50. The van der Waals surface area contributed by atoms with Crippen LogP contribution >= 0.6 is 0 Å². The number of amides is 1. The van der Waals surface area contributed by atoms with Crippen molar-refractivity contribution in [1.82, 2.24) is 4.57 Å². The van der Waals surface area contributed by atoms with E-state index in [4.69, 9.17) is 5.73 Å². The van der Waals surface area contributed by atoms with E-state index in [1.54, 1.807) is 6.07 Å². The highest BCUT2D eigenvalue weighted by Crippen LogP contribution is 2.34. The molecule has 0 aliphatic heterocycles. The van der Waals surface area contributed by atoms with Crippen molar-refractivity contribution in [3.05, 3.63) is 95.1 Å². The Morgan fingerprint density at radius 1 is 1.00 bits per heavy atom. The van der Waals surface area contributed by atoms with Crippen molar-refractivity contribution in [1.29, 1.82) is 0 Å². The number of hydrogen-bond acceptors (Lipinski definition) is 1. The van der Waals surface area contributed by atoms with E-state index in [1.807, 2.05) is 12.1 Å². The normalized spacial score (nSPS) is 11.5. The van der Waals surface area contributed by atoms with Crippen LogP contribution < -0.4 is 5.73 Å². The molecule has 4 aromatic carbocycles. The van der Waals surface area contributed by atoms with E-state index in [2.05, 4.69) is 73.0 Å². The Kier molecular flexibility index (Phi) is 4.32. The number of nitrogens with two attached hydrogens (primary N) is 1. The molecule has 3 heteroatoms. The zero-order valence-electron chi connectivity index (χ0n) is 17.2. The molecule has 0 aliphatic rings. The van der Waals surface area contributed by atoms with Crippen molar-refractivity contribution in [2.45, 2.75) is 26.8 Å². The van der Waals surface area contributed by atoms with E-state index < -0.39 is 5.91 Å². The van der Waals surface area contributed by atoms with Crippen molar-refractivity contribution in [3.8, 4) is 0 Å².